The minimum atomic E-state index is -0.629. The summed E-state index contributed by atoms with van der Waals surface area (Å²) in [6.07, 6.45) is 0. The number of aryl methyl sites for hydroxylation is 2. The molecule has 33 heavy (non-hydrogen) atoms. The van der Waals surface area contributed by atoms with E-state index in [-0.39, 0.29) is 27.6 Å². The van der Waals surface area contributed by atoms with Crippen molar-refractivity contribution < 1.29 is 14.5 Å². The number of benzene rings is 3. The van der Waals surface area contributed by atoms with Crippen molar-refractivity contribution in [3.8, 4) is 0 Å². The van der Waals surface area contributed by atoms with Crippen LogP contribution in [0.15, 0.2) is 60.7 Å². The number of nitro benzene ring substituents is 1. The molecule has 1 aliphatic rings. The zero-order chi connectivity index (χ0) is 23.7. The lowest BCUT2D eigenvalue weighted by Gasteiger charge is -2.26. The van der Waals surface area contributed by atoms with Gasteiger partial charge in [0.15, 0.2) is 0 Å². The summed E-state index contributed by atoms with van der Waals surface area (Å²) in [6.45, 7) is 3.99. The van der Waals surface area contributed by atoms with E-state index < -0.39 is 10.8 Å². The van der Waals surface area contributed by atoms with Crippen LogP contribution in [0.5, 0.6) is 0 Å². The van der Waals surface area contributed by atoms with Crippen molar-refractivity contribution in [2.24, 2.45) is 0 Å². The van der Waals surface area contributed by atoms with Crippen molar-refractivity contribution in [3.05, 3.63) is 98.1 Å². The van der Waals surface area contributed by atoms with Gasteiger partial charge in [-0.3, -0.25) is 24.6 Å². The van der Waals surface area contributed by atoms with Gasteiger partial charge in [0.25, 0.3) is 11.6 Å². The standard InChI is InChI=1S/C24H20ClN3O4S/c1-14-6-9-20(15(2)10-14)27-22(29)13-33-24(27)17-4-3-5-18(11-17)26-23(30)16-7-8-19(25)21(12-16)28(31)32/h3-12,24H,13H2,1-2H3,(H,26,30). The second-order valence-corrected chi connectivity index (χ2v) is 9.20. The molecule has 1 atom stereocenters. The average Bonchev–Trinajstić information content (AvgIpc) is 3.15. The van der Waals surface area contributed by atoms with Crippen LogP contribution in [0.4, 0.5) is 17.1 Å². The van der Waals surface area contributed by atoms with Crippen LogP contribution in [-0.2, 0) is 4.79 Å². The molecule has 1 heterocycles. The number of nitrogens with zero attached hydrogens (tertiary/aromatic N) is 2. The number of amides is 2. The zero-order valence-electron chi connectivity index (χ0n) is 17.9. The number of hydrogen-bond acceptors (Lipinski definition) is 5. The van der Waals surface area contributed by atoms with Gasteiger partial charge < -0.3 is 5.32 Å². The van der Waals surface area contributed by atoms with Gasteiger partial charge in [0, 0.05) is 23.0 Å². The molecule has 1 aliphatic heterocycles. The van der Waals surface area contributed by atoms with Crippen LogP contribution in [0.25, 0.3) is 0 Å². The average molecular weight is 482 g/mol. The summed E-state index contributed by atoms with van der Waals surface area (Å²) in [7, 11) is 0. The van der Waals surface area contributed by atoms with Crippen molar-refractivity contribution in [1.29, 1.82) is 0 Å². The summed E-state index contributed by atoms with van der Waals surface area (Å²) >= 11 is 7.36. The Bertz CT molecular complexity index is 1280. The highest BCUT2D eigenvalue weighted by atomic mass is 35.5. The SMILES string of the molecule is Cc1ccc(N2C(=O)CSC2c2cccc(NC(=O)c3ccc(Cl)c([N+](=O)[O-])c3)c2)c(C)c1. The molecule has 7 nitrogen and oxygen atoms in total. The lowest BCUT2D eigenvalue weighted by molar-refractivity contribution is -0.384. The highest BCUT2D eigenvalue weighted by Gasteiger charge is 2.35. The van der Waals surface area contributed by atoms with E-state index in [2.05, 4.69) is 5.32 Å². The molecule has 0 saturated carbocycles. The van der Waals surface area contributed by atoms with Crippen molar-refractivity contribution >= 4 is 52.2 Å². The van der Waals surface area contributed by atoms with E-state index in [1.54, 1.807) is 17.0 Å². The first-order valence-electron chi connectivity index (χ1n) is 10.1. The molecule has 9 heteroatoms. The summed E-state index contributed by atoms with van der Waals surface area (Å²) in [6, 6.07) is 17.2. The summed E-state index contributed by atoms with van der Waals surface area (Å²) in [5.41, 5.74) is 4.19. The Morgan fingerprint density at radius 3 is 2.67 bits per heavy atom. The first kappa shape index (κ1) is 22.8. The quantitative estimate of drug-likeness (QED) is 0.362. The second kappa shape index (κ2) is 9.25. The second-order valence-electron chi connectivity index (χ2n) is 7.72. The van der Waals surface area contributed by atoms with Crippen LogP contribution in [0, 0.1) is 24.0 Å². The minimum Gasteiger partial charge on any atom is -0.322 e. The smallest absolute Gasteiger partial charge is 0.288 e. The maximum Gasteiger partial charge on any atom is 0.288 e. The Morgan fingerprint density at radius 1 is 1.15 bits per heavy atom. The van der Waals surface area contributed by atoms with E-state index in [1.807, 2.05) is 44.2 Å². The third-order valence-electron chi connectivity index (χ3n) is 5.31. The molecule has 3 aromatic rings. The maximum atomic E-state index is 12.7. The molecular weight excluding hydrogens is 462 g/mol. The van der Waals surface area contributed by atoms with Crippen LogP contribution in [0.1, 0.15) is 32.4 Å². The molecule has 4 rings (SSSR count). The van der Waals surface area contributed by atoms with Crippen molar-refractivity contribution in [1.82, 2.24) is 0 Å². The maximum absolute atomic E-state index is 12.7. The number of nitrogens with one attached hydrogen (secondary N) is 1. The highest BCUT2D eigenvalue weighted by Crippen LogP contribution is 2.43. The molecule has 1 N–H and O–H groups in total. The number of thioether (sulfide) groups is 1. The van der Waals surface area contributed by atoms with E-state index >= 15 is 0 Å². The number of carbonyl (C=O) groups excluding carboxylic acids is 2. The van der Waals surface area contributed by atoms with Crippen LogP contribution >= 0.6 is 23.4 Å². The van der Waals surface area contributed by atoms with Gasteiger partial charge in [-0.2, -0.15) is 0 Å². The monoisotopic (exact) mass is 481 g/mol. The lowest BCUT2D eigenvalue weighted by Crippen LogP contribution is -2.28. The molecule has 2 amide bonds. The molecule has 0 aliphatic carbocycles. The highest BCUT2D eigenvalue weighted by molar-refractivity contribution is 8.00. The summed E-state index contributed by atoms with van der Waals surface area (Å²) < 4.78 is 0. The molecule has 0 radical (unpaired) electrons. The van der Waals surface area contributed by atoms with Crippen LogP contribution in [-0.4, -0.2) is 22.5 Å². The Kier molecular flexibility index (Phi) is 6.40. The van der Waals surface area contributed by atoms with E-state index in [4.69, 9.17) is 11.6 Å². The molecule has 0 bridgehead atoms. The van der Waals surface area contributed by atoms with Gasteiger partial charge in [-0.25, -0.2) is 0 Å². The van der Waals surface area contributed by atoms with Gasteiger partial charge in [0.2, 0.25) is 5.91 Å². The number of nitro groups is 1. The zero-order valence-corrected chi connectivity index (χ0v) is 19.4. The fraction of sp³-hybridized carbons (Fsp3) is 0.167. The molecule has 1 fully saturated rings. The molecular formula is C24H20ClN3O4S. The summed E-state index contributed by atoms with van der Waals surface area (Å²) in [5.74, 6) is -0.101. The Hall–Kier alpha value is -3.36. The molecule has 168 valence electrons. The third-order valence-corrected chi connectivity index (χ3v) is 6.85. The number of anilines is 2. The van der Waals surface area contributed by atoms with Gasteiger partial charge in [-0.1, -0.05) is 41.4 Å². The van der Waals surface area contributed by atoms with Crippen LogP contribution < -0.4 is 10.2 Å². The number of hydrogen-bond donors (Lipinski definition) is 1. The number of rotatable bonds is 5. The largest absolute Gasteiger partial charge is 0.322 e. The number of carbonyl (C=O) groups is 2. The van der Waals surface area contributed by atoms with Gasteiger partial charge in [0.05, 0.1) is 10.7 Å². The molecule has 0 aromatic heterocycles. The lowest BCUT2D eigenvalue weighted by atomic mass is 10.1. The van der Waals surface area contributed by atoms with Crippen molar-refractivity contribution in [2.45, 2.75) is 19.2 Å². The van der Waals surface area contributed by atoms with E-state index in [0.717, 1.165) is 28.4 Å². The Balaban J connectivity index is 1.60. The van der Waals surface area contributed by atoms with E-state index in [9.17, 15) is 19.7 Å². The van der Waals surface area contributed by atoms with Gasteiger partial charge in [-0.15, -0.1) is 11.8 Å². The van der Waals surface area contributed by atoms with E-state index in [1.165, 1.54) is 23.9 Å². The van der Waals surface area contributed by atoms with Crippen molar-refractivity contribution in [3.63, 3.8) is 0 Å². The minimum absolute atomic E-state index is 0.0277. The van der Waals surface area contributed by atoms with Gasteiger partial charge >= 0.3 is 0 Å². The first-order valence-corrected chi connectivity index (χ1v) is 11.5. The van der Waals surface area contributed by atoms with Gasteiger partial charge in [-0.05, 0) is 55.3 Å². The van der Waals surface area contributed by atoms with Crippen molar-refractivity contribution in [2.75, 3.05) is 16.0 Å². The fourth-order valence-electron chi connectivity index (χ4n) is 3.77. The third kappa shape index (κ3) is 4.72. The predicted octanol–water partition coefficient (Wildman–Crippen LogP) is 5.90. The van der Waals surface area contributed by atoms with Crippen LogP contribution in [0.3, 0.4) is 0 Å². The topological polar surface area (TPSA) is 92.6 Å². The van der Waals surface area contributed by atoms with Crippen LogP contribution in [0.2, 0.25) is 5.02 Å². The normalized spacial score (nSPS) is 15.5. The molecule has 1 unspecified atom stereocenters. The molecule has 1 saturated heterocycles. The Morgan fingerprint density at radius 2 is 1.94 bits per heavy atom. The first-order chi connectivity index (χ1) is 15.7. The van der Waals surface area contributed by atoms with Gasteiger partial charge in [0.1, 0.15) is 10.4 Å². The Labute approximate surface area is 199 Å². The summed E-state index contributed by atoms with van der Waals surface area (Å²) in [4.78, 5) is 37.7. The van der Waals surface area contributed by atoms with E-state index in [0.29, 0.717) is 11.4 Å². The number of halogens is 1. The fourth-order valence-corrected chi connectivity index (χ4v) is 5.12. The molecule has 3 aromatic carbocycles. The molecule has 0 spiro atoms. The predicted molar refractivity (Wildman–Crippen MR) is 131 cm³/mol. The summed E-state index contributed by atoms with van der Waals surface area (Å²) in [5, 5.41) is 13.6.